The first-order valence-corrected chi connectivity index (χ1v) is 8.17. The van der Waals surface area contributed by atoms with Gasteiger partial charge in [-0.1, -0.05) is 6.92 Å². The van der Waals surface area contributed by atoms with E-state index in [4.69, 9.17) is 9.47 Å². The van der Waals surface area contributed by atoms with E-state index in [9.17, 15) is 4.79 Å². The molecule has 0 aliphatic carbocycles. The number of hydrogen-bond acceptors (Lipinski definition) is 4. The van der Waals surface area contributed by atoms with Crippen LogP contribution in [0.15, 0.2) is 18.2 Å². The molecule has 0 fully saturated rings. The van der Waals surface area contributed by atoms with Crippen LogP contribution in [0, 0.1) is 13.8 Å². The van der Waals surface area contributed by atoms with Crippen LogP contribution in [0.25, 0.3) is 0 Å². The van der Waals surface area contributed by atoms with Crippen LogP contribution in [0.5, 0.6) is 11.5 Å². The molecule has 0 radical (unpaired) electrons. The maximum Gasteiger partial charge on any atom is 0.248 e. The monoisotopic (exact) mass is 329 g/mol. The SMILES string of the molecule is CC[C@@]1(C)Oc2ccc(NC(=O)[C@H](C)c3c(C)n[nH]c3C)cc2O1. The number of amides is 1. The second kappa shape index (κ2) is 5.85. The summed E-state index contributed by atoms with van der Waals surface area (Å²) in [5.41, 5.74) is 3.39. The molecule has 1 aliphatic rings. The quantitative estimate of drug-likeness (QED) is 0.897. The molecular weight excluding hydrogens is 306 g/mol. The minimum absolute atomic E-state index is 0.0836. The predicted molar refractivity (Wildman–Crippen MR) is 91.5 cm³/mol. The average molecular weight is 329 g/mol. The zero-order chi connectivity index (χ0) is 17.5. The first kappa shape index (κ1) is 16.4. The third kappa shape index (κ3) is 2.84. The lowest BCUT2D eigenvalue weighted by Gasteiger charge is -2.20. The van der Waals surface area contributed by atoms with Gasteiger partial charge in [0.05, 0.1) is 11.6 Å². The molecule has 6 heteroatoms. The van der Waals surface area contributed by atoms with Crippen molar-refractivity contribution in [3.05, 3.63) is 35.2 Å². The Kier molecular flexibility index (Phi) is 3.99. The summed E-state index contributed by atoms with van der Waals surface area (Å²) in [5.74, 6) is 0.339. The Morgan fingerprint density at radius 2 is 2.04 bits per heavy atom. The molecule has 128 valence electrons. The molecule has 0 saturated carbocycles. The topological polar surface area (TPSA) is 76.2 Å². The van der Waals surface area contributed by atoms with E-state index >= 15 is 0 Å². The summed E-state index contributed by atoms with van der Waals surface area (Å²) in [5, 5.41) is 10.0. The van der Waals surface area contributed by atoms with Gasteiger partial charge in [0.25, 0.3) is 0 Å². The van der Waals surface area contributed by atoms with E-state index in [1.165, 1.54) is 0 Å². The highest BCUT2D eigenvalue weighted by Crippen LogP contribution is 2.42. The fourth-order valence-electron chi connectivity index (χ4n) is 2.96. The third-order valence-corrected chi connectivity index (χ3v) is 4.52. The van der Waals surface area contributed by atoms with Gasteiger partial charge in [-0.3, -0.25) is 9.89 Å². The number of hydrogen-bond donors (Lipinski definition) is 2. The van der Waals surface area contributed by atoms with Gasteiger partial charge in [0.2, 0.25) is 11.7 Å². The summed E-state index contributed by atoms with van der Waals surface area (Å²) in [7, 11) is 0. The van der Waals surface area contributed by atoms with E-state index in [1.54, 1.807) is 6.07 Å². The number of aromatic amines is 1. The second-order valence-electron chi connectivity index (χ2n) is 6.41. The number of aromatic nitrogens is 2. The Balaban J connectivity index is 1.76. The van der Waals surface area contributed by atoms with E-state index < -0.39 is 5.79 Å². The molecule has 1 aromatic carbocycles. The van der Waals surface area contributed by atoms with Crippen molar-refractivity contribution in [2.24, 2.45) is 0 Å². The molecule has 1 aromatic heterocycles. The summed E-state index contributed by atoms with van der Waals surface area (Å²) < 4.78 is 11.6. The van der Waals surface area contributed by atoms with Gasteiger partial charge >= 0.3 is 0 Å². The molecule has 0 bridgehead atoms. The Labute approximate surface area is 141 Å². The highest BCUT2D eigenvalue weighted by atomic mass is 16.7. The van der Waals surface area contributed by atoms with E-state index in [1.807, 2.05) is 46.8 Å². The van der Waals surface area contributed by atoms with E-state index in [2.05, 4.69) is 15.5 Å². The number of carbonyl (C=O) groups is 1. The summed E-state index contributed by atoms with van der Waals surface area (Å²) in [6.07, 6.45) is 0.736. The predicted octanol–water partition coefficient (Wildman–Crippen LogP) is 3.67. The van der Waals surface area contributed by atoms with Crippen molar-refractivity contribution in [2.45, 2.75) is 52.7 Å². The molecule has 0 spiro atoms. The van der Waals surface area contributed by atoms with Gasteiger partial charge in [0.1, 0.15) is 0 Å². The van der Waals surface area contributed by atoms with Crippen LogP contribution in [0.3, 0.4) is 0 Å². The van der Waals surface area contributed by atoms with Gasteiger partial charge in [-0.25, -0.2) is 0 Å². The summed E-state index contributed by atoms with van der Waals surface area (Å²) >= 11 is 0. The van der Waals surface area contributed by atoms with E-state index in [0.717, 1.165) is 23.4 Å². The Hall–Kier alpha value is -2.50. The first-order valence-electron chi connectivity index (χ1n) is 8.17. The molecule has 24 heavy (non-hydrogen) atoms. The lowest BCUT2D eigenvalue weighted by molar-refractivity contribution is -0.117. The number of ether oxygens (including phenoxy) is 2. The van der Waals surface area contributed by atoms with Crippen molar-refractivity contribution in [1.29, 1.82) is 0 Å². The van der Waals surface area contributed by atoms with Gasteiger partial charge in [-0.2, -0.15) is 5.10 Å². The molecule has 1 aliphatic heterocycles. The highest BCUT2D eigenvalue weighted by molar-refractivity contribution is 5.96. The number of nitrogens with zero attached hydrogens (tertiary/aromatic N) is 1. The molecule has 2 N–H and O–H groups in total. The molecule has 1 amide bonds. The first-order chi connectivity index (χ1) is 11.3. The van der Waals surface area contributed by atoms with Crippen molar-refractivity contribution in [2.75, 3.05) is 5.32 Å². The summed E-state index contributed by atoms with van der Waals surface area (Å²) in [6, 6.07) is 5.45. The van der Waals surface area contributed by atoms with Crippen molar-refractivity contribution in [3.8, 4) is 11.5 Å². The Morgan fingerprint density at radius 3 is 2.67 bits per heavy atom. The van der Waals surface area contributed by atoms with Gasteiger partial charge in [-0.05, 0) is 32.9 Å². The van der Waals surface area contributed by atoms with Crippen molar-refractivity contribution < 1.29 is 14.3 Å². The number of fused-ring (bicyclic) bond motifs is 1. The standard InChI is InChI=1S/C18H23N3O3/c1-6-18(5)23-14-8-7-13(9-15(14)24-18)19-17(22)10(2)16-11(3)20-21-12(16)4/h7-10H,6H2,1-5H3,(H,19,22)(H,20,21)/t10-,18+/m1/s1. The number of benzene rings is 1. The van der Waals surface area contributed by atoms with Gasteiger partial charge in [0, 0.05) is 36.4 Å². The lowest BCUT2D eigenvalue weighted by Crippen LogP contribution is -2.33. The van der Waals surface area contributed by atoms with Gasteiger partial charge < -0.3 is 14.8 Å². The van der Waals surface area contributed by atoms with Crippen LogP contribution in [0.1, 0.15) is 50.1 Å². The number of nitrogens with one attached hydrogen (secondary N) is 2. The van der Waals surface area contributed by atoms with Crippen LogP contribution in [-0.2, 0) is 4.79 Å². The average Bonchev–Trinajstić information content (AvgIpc) is 3.05. The molecule has 2 aromatic rings. The van der Waals surface area contributed by atoms with Crippen LogP contribution >= 0.6 is 0 Å². The van der Waals surface area contributed by atoms with Crippen molar-refractivity contribution in [3.63, 3.8) is 0 Å². The molecule has 2 atom stereocenters. The maximum absolute atomic E-state index is 12.6. The van der Waals surface area contributed by atoms with Crippen molar-refractivity contribution in [1.82, 2.24) is 10.2 Å². The van der Waals surface area contributed by atoms with Crippen LogP contribution < -0.4 is 14.8 Å². The zero-order valence-electron chi connectivity index (χ0n) is 14.7. The minimum atomic E-state index is -0.636. The summed E-state index contributed by atoms with van der Waals surface area (Å²) in [6.45, 7) is 9.60. The lowest BCUT2D eigenvalue weighted by atomic mass is 9.98. The number of H-pyrrole nitrogens is 1. The molecule has 0 unspecified atom stereocenters. The Bertz CT molecular complexity index is 764. The van der Waals surface area contributed by atoms with E-state index in [-0.39, 0.29) is 11.8 Å². The number of rotatable bonds is 4. The highest BCUT2D eigenvalue weighted by Gasteiger charge is 2.35. The third-order valence-electron chi connectivity index (χ3n) is 4.52. The summed E-state index contributed by atoms with van der Waals surface area (Å²) in [4.78, 5) is 12.6. The normalized spacial score (nSPS) is 20.0. The Morgan fingerprint density at radius 1 is 1.33 bits per heavy atom. The maximum atomic E-state index is 12.6. The molecule has 0 saturated heterocycles. The molecule has 2 heterocycles. The van der Waals surface area contributed by atoms with Crippen LogP contribution in [0.4, 0.5) is 5.69 Å². The number of aryl methyl sites for hydroxylation is 2. The number of carbonyl (C=O) groups excluding carboxylic acids is 1. The zero-order valence-corrected chi connectivity index (χ0v) is 14.7. The number of anilines is 1. The van der Waals surface area contributed by atoms with Crippen molar-refractivity contribution >= 4 is 11.6 Å². The minimum Gasteiger partial charge on any atom is -0.449 e. The van der Waals surface area contributed by atoms with Gasteiger partial charge in [-0.15, -0.1) is 0 Å². The second-order valence-corrected chi connectivity index (χ2v) is 6.41. The molecule has 3 rings (SSSR count). The largest absolute Gasteiger partial charge is 0.449 e. The van der Waals surface area contributed by atoms with Gasteiger partial charge in [0.15, 0.2) is 11.5 Å². The van der Waals surface area contributed by atoms with E-state index in [0.29, 0.717) is 17.2 Å². The molecule has 6 nitrogen and oxygen atoms in total. The fourth-order valence-corrected chi connectivity index (χ4v) is 2.96. The fraction of sp³-hybridized carbons (Fsp3) is 0.444. The smallest absolute Gasteiger partial charge is 0.248 e. The van der Waals surface area contributed by atoms with Crippen LogP contribution in [0.2, 0.25) is 0 Å². The molecular formula is C18H23N3O3. The van der Waals surface area contributed by atoms with Crippen LogP contribution in [-0.4, -0.2) is 21.9 Å².